The summed E-state index contributed by atoms with van der Waals surface area (Å²) in [7, 11) is 0. The van der Waals surface area contributed by atoms with E-state index in [1.807, 2.05) is 6.07 Å². The molecule has 0 saturated heterocycles. The Hall–Kier alpha value is -2.03. The second kappa shape index (κ2) is 4.50. The molecule has 120 valence electrons. The summed E-state index contributed by atoms with van der Waals surface area (Å²) in [4.78, 5) is 12.2. The lowest BCUT2D eigenvalue weighted by atomic mass is 9.56. The summed E-state index contributed by atoms with van der Waals surface area (Å²) >= 11 is 0. The van der Waals surface area contributed by atoms with Gasteiger partial charge in [0.1, 0.15) is 17.1 Å². The molecule has 1 aliphatic heterocycles. The molecule has 3 heteroatoms. The molecule has 1 fully saturated rings. The van der Waals surface area contributed by atoms with Gasteiger partial charge in [0.05, 0.1) is 0 Å². The summed E-state index contributed by atoms with van der Waals surface area (Å²) in [6.45, 7) is 8.48. The van der Waals surface area contributed by atoms with Crippen LogP contribution in [0.1, 0.15) is 45.1 Å². The van der Waals surface area contributed by atoms with Crippen molar-refractivity contribution in [3.8, 4) is 11.5 Å². The van der Waals surface area contributed by atoms with Crippen molar-refractivity contribution in [2.24, 2.45) is 11.3 Å². The van der Waals surface area contributed by atoms with Crippen molar-refractivity contribution in [2.45, 2.75) is 45.1 Å². The van der Waals surface area contributed by atoms with Gasteiger partial charge in [0, 0.05) is 17.4 Å². The highest BCUT2D eigenvalue weighted by molar-refractivity contribution is 6.01. The van der Waals surface area contributed by atoms with E-state index in [1.165, 1.54) is 0 Å². The van der Waals surface area contributed by atoms with E-state index in [-0.39, 0.29) is 22.5 Å². The number of carbonyl (C=O) groups excluding carboxylic acids is 1. The Morgan fingerprint density at radius 2 is 2.17 bits per heavy atom. The van der Waals surface area contributed by atoms with Crippen LogP contribution in [0.25, 0.3) is 5.57 Å². The minimum Gasteiger partial charge on any atom is -0.508 e. The first-order chi connectivity index (χ1) is 10.9. The van der Waals surface area contributed by atoms with E-state index < -0.39 is 0 Å². The van der Waals surface area contributed by atoms with E-state index in [0.717, 1.165) is 41.7 Å². The maximum Gasteiger partial charge on any atom is 0.156 e. The average Bonchev–Trinajstić information content (AvgIpc) is 2.78. The van der Waals surface area contributed by atoms with Crippen LogP contribution in [0.4, 0.5) is 0 Å². The first-order valence-electron chi connectivity index (χ1n) is 8.30. The average molecular weight is 310 g/mol. The number of hydrogen-bond donors (Lipinski definition) is 1. The first kappa shape index (κ1) is 14.6. The van der Waals surface area contributed by atoms with Gasteiger partial charge in [-0.25, -0.2) is 0 Å². The third-order valence-electron chi connectivity index (χ3n) is 6.18. The van der Waals surface area contributed by atoms with Gasteiger partial charge < -0.3 is 9.84 Å². The number of phenols is 1. The Morgan fingerprint density at radius 1 is 1.39 bits per heavy atom. The van der Waals surface area contributed by atoms with Crippen molar-refractivity contribution in [2.75, 3.05) is 0 Å². The number of aromatic hydroxyl groups is 1. The zero-order valence-corrected chi connectivity index (χ0v) is 13.7. The largest absolute Gasteiger partial charge is 0.508 e. The minimum atomic E-state index is -0.326. The van der Waals surface area contributed by atoms with Crippen molar-refractivity contribution in [3.63, 3.8) is 0 Å². The van der Waals surface area contributed by atoms with Gasteiger partial charge >= 0.3 is 0 Å². The van der Waals surface area contributed by atoms with Crippen LogP contribution in [0.3, 0.4) is 0 Å². The molecule has 0 amide bonds. The van der Waals surface area contributed by atoms with Crippen molar-refractivity contribution in [1.82, 2.24) is 0 Å². The van der Waals surface area contributed by atoms with Gasteiger partial charge in [-0.05, 0) is 68.9 Å². The molecule has 3 aliphatic rings. The van der Waals surface area contributed by atoms with E-state index in [4.69, 9.17) is 4.74 Å². The molecule has 3 unspecified atom stereocenters. The number of hydrogen-bond acceptors (Lipinski definition) is 3. The summed E-state index contributed by atoms with van der Waals surface area (Å²) in [5.41, 5.74) is 2.52. The normalized spacial score (nSPS) is 34.8. The Kier molecular flexibility index (Phi) is 2.85. The summed E-state index contributed by atoms with van der Waals surface area (Å²) < 4.78 is 6.47. The molecule has 1 spiro atoms. The molecule has 0 bridgehead atoms. The van der Waals surface area contributed by atoms with Crippen LogP contribution in [-0.2, 0) is 4.79 Å². The number of ketones is 1. The highest BCUT2D eigenvalue weighted by Crippen LogP contribution is 2.67. The van der Waals surface area contributed by atoms with Crippen LogP contribution in [0, 0.1) is 11.3 Å². The molecule has 1 heterocycles. The second-order valence-corrected chi connectivity index (χ2v) is 7.45. The number of ether oxygens (including phenoxy) is 1. The van der Waals surface area contributed by atoms with Crippen molar-refractivity contribution in [1.29, 1.82) is 0 Å². The molecule has 1 saturated carbocycles. The summed E-state index contributed by atoms with van der Waals surface area (Å²) in [5, 5.41) is 9.94. The van der Waals surface area contributed by atoms with Gasteiger partial charge in [0.2, 0.25) is 0 Å². The zero-order chi connectivity index (χ0) is 16.4. The lowest BCUT2D eigenvalue weighted by molar-refractivity contribution is -0.116. The summed E-state index contributed by atoms with van der Waals surface area (Å²) in [5.74, 6) is 1.44. The molecule has 1 N–H and O–H groups in total. The Bertz CT molecular complexity index is 760. The Balaban J connectivity index is 2.03. The Morgan fingerprint density at radius 3 is 2.91 bits per heavy atom. The molecule has 0 radical (unpaired) electrons. The van der Waals surface area contributed by atoms with Crippen molar-refractivity contribution < 1.29 is 14.6 Å². The zero-order valence-electron chi connectivity index (χ0n) is 13.7. The fourth-order valence-electron chi connectivity index (χ4n) is 5.17. The molecule has 2 aliphatic carbocycles. The molecule has 4 rings (SSSR count). The van der Waals surface area contributed by atoms with Crippen molar-refractivity contribution in [3.05, 3.63) is 42.0 Å². The molecule has 3 nitrogen and oxygen atoms in total. The van der Waals surface area contributed by atoms with E-state index >= 15 is 0 Å². The highest BCUT2D eigenvalue weighted by atomic mass is 16.5. The number of fused-ring (bicyclic) bond motifs is 2. The quantitative estimate of drug-likeness (QED) is 0.788. The third-order valence-corrected chi connectivity index (χ3v) is 6.18. The van der Waals surface area contributed by atoms with E-state index in [2.05, 4.69) is 20.4 Å². The number of rotatable bonds is 1. The molecule has 1 aromatic carbocycles. The molecule has 23 heavy (non-hydrogen) atoms. The van der Waals surface area contributed by atoms with E-state index in [0.29, 0.717) is 12.3 Å². The van der Waals surface area contributed by atoms with Crippen LogP contribution in [0.5, 0.6) is 11.5 Å². The van der Waals surface area contributed by atoms with Crippen LogP contribution in [0.15, 0.2) is 36.4 Å². The lowest BCUT2D eigenvalue weighted by Gasteiger charge is -2.53. The van der Waals surface area contributed by atoms with Gasteiger partial charge in [0.25, 0.3) is 0 Å². The predicted octanol–water partition coefficient (Wildman–Crippen LogP) is 4.26. The molecule has 1 aromatic rings. The number of carbonyl (C=O) groups is 1. The standard InChI is InChI=1S/C20H22O3/c1-12(2)16-7-8-19(3)20(16)9-6-14(22)11-17(20)15-10-13(21)4-5-18(15)23-19/h4-5,10-11,16,21H,1,6-9H2,2-3H3. The number of phenolic OH excluding ortho intramolecular Hbond substituents is 1. The molecule has 0 aromatic heterocycles. The first-order valence-corrected chi connectivity index (χ1v) is 8.30. The van der Waals surface area contributed by atoms with Gasteiger partial charge in [-0.3, -0.25) is 4.79 Å². The smallest absolute Gasteiger partial charge is 0.156 e. The number of benzene rings is 1. The lowest BCUT2D eigenvalue weighted by Crippen LogP contribution is -2.53. The summed E-state index contributed by atoms with van der Waals surface area (Å²) in [6.07, 6.45) is 5.12. The highest BCUT2D eigenvalue weighted by Gasteiger charge is 2.64. The molecular formula is C20H22O3. The SMILES string of the molecule is C=C(C)C1CCC2(C)Oc3ccc(O)cc3C3=CC(=O)CCC312. The summed E-state index contributed by atoms with van der Waals surface area (Å²) in [6, 6.07) is 5.19. The van der Waals surface area contributed by atoms with Crippen LogP contribution in [0.2, 0.25) is 0 Å². The third kappa shape index (κ3) is 1.73. The topological polar surface area (TPSA) is 46.5 Å². The predicted molar refractivity (Wildman–Crippen MR) is 89.3 cm³/mol. The fraction of sp³-hybridized carbons (Fsp3) is 0.450. The van der Waals surface area contributed by atoms with Gasteiger partial charge in [-0.2, -0.15) is 0 Å². The molecule has 3 atom stereocenters. The van der Waals surface area contributed by atoms with E-state index in [1.54, 1.807) is 18.2 Å². The second-order valence-electron chi connectivity index (χ2n) is 7.45. The van der Waals surface area contributed by atoms with Gasteiger partial charge in [-0.15, -0.1) is 0 Å². The Labute approximate surface area is 136 Å². The van der Waals surface area contributed by atoms with Crippen LogP contribution >= 0.6 is 0 Å². The van der Waals surface area contributed by atoms with E-state index in [9.17, 15) is 9.90 Å². The number of allylic oxidation sites excluding steroid dienone is 2. The van der Waals surface area contributed by atoms with Crippen molar-refractivity contribution >= 4 is 11.4 Å². The minimum absolute atomic E-state index is 0.163. The van der Waals surface area contributed by atoms with Gasteiger partial charge in [-0.1, -0.05) is 12.2 Å². The molecular weight excluding hydrogens is 288 g/mol. The monoisotopic (exact) mass is 310 g/mol. The maximum atomic E-state index is 12.2. The van der Waals surface area contributed by atoms with Gasteiger partial charge in [0.15, 0.2) is 5.78 Å². The fourth-order valence-corrected chi connectivity index (χ4v) is 5.17. The maximum absolute atomic E-state index is 12.2. The van der Waals surface area contributed by atoms with Crippen LogP contribution < -0.4 is 4.74 Å². The van der Waals surface area contributed by atoms with Crippen LogP contribution in [-0.4, -0.2) is 16.5 Å².